The lowest BCUT2D eigenvalue weighted by atomic mass is 10.1. The lowest BCUT2D eigenvalue weighted by Crippen LogP contribution is -2.28. The highest BCUT2D eigenvalue weighted by molar-refractivity contribution is 7.89. The van der Waals surface area contributed by atoms with E-state index in [4.69, 9.17) is 0 Å². The standard InChI is InChI=1S/C24H23N3O4S/c1-16-7-12-20(32(30,31)25-2)15-21(16)23(28)26-19-10-8-18(9-11-19)24(29)27-14-13-17-5-3-4-6-22(17)27/h3-12,15,25H,13-14H2,1-2H3,(H,26,28). The van der Waals surface area contributed by atoms with E-state index in [-0.39, 0.29) is 16.4 Å². The van der Waals surface area contributed by atoms with Gasteiger partial charge in [-0.1, -0.05) is 24.3 Å². The Bertz CT molecular complexity index is 1300. The zero-order valence-corrected chi connectivity index (χ0v) is 18.6. The summed E-state index contributed by atoms with van der Waals surface area (Å²) in [5.74, 6) is -0.517. The molecule has 2 N–H and O–H groups in total. The lowest BCUT2D eigenvalue weighted by Gasteiger charge is -2.17. The van der Waals surface area contributed by atoms with Crippen molar-refractivity contribution in [3.63, 3.8) is 0 Å². The van der Waals surface area contributed by atoms with Gasteiger partial charge in [-0.25, -0.2) is 13.1 Å². The van der Waals surface area contributed by atoms with Crippen LogP contribution in [0, 0.1) is 6.92 Å². The molecule has 0 fully saturated rings. The fourth-order valence-corrected chi connectivity index (χ4v) is 4.49. The van der Waals surface area contributed by atoms with Gasteiger partial charge < -0.3 is 10.2 Å². The third kappa shape index (κ3) is 4.15. The zero-order valence-electron chi connectivity index (χ0n) is 17.8. The molecule has 7 nitrogen and oxygen atoms in total. The normalized spacial score (nSPS) is 13.0. The van der Waals surface area contributed by atoms with Gasteiger partial charge in [-0.15, -0.1) is 0 Å². The lowest BCUT2D eigenvalue weighted by molar-refractivity contribution is 0.0988. The molecule has 1 heterocycles. The number of anilines is 2. The van der Waals surface area contributed by atoms with Crippen LogP contribution in [0.3, 0.4) is 0 Å². The van der Waals surface area contributed by atoms with Gasteiger partial charge in [0.2, 0.25) is 10.0 Å². The number of hydrogen-bond donors (Lipinski definition) is 2. The number of sulfonamides is 1. The molecule has 0 saturated heterocycles. The van der Waals surface area contributed by atoms with Gasteiger partial charge >= 0.3 is 0 Å². The third-order valence-electron chi connectivity index (χ3n) is 5.55. The van der Waals surface area contributed by atoms with Crippen LogP contribution in [-0.2, 0) is 16.4 Å². The molecule has 4 rings (SSSR count). The van der Waals surface area contributed by atoms with E-state index in [1.165, 1.54) is 19.2 Å². The van der Waals surface area contributed by atoms with Gasteiger partial charge in [0.15, 0.2) is 0 Å². The van der Waals surface area contributed by atoms with Gasteiger partial charge in [0.1, 0.15) is 0 Å². The molecule has 0 aromatic heterocycles. The minimum atomic E-state index is -3.66. The number of amides is 2. The summed E-state index contributed by atoms with van der Waals surface area (Å²) < 4.78 is 26.4. The third-order valence-corrected chi connectivity index (χ3v) is 6.97. The van der Waals surface area contributed by atoms with Crippen LogP contribution in [0.1, 0.15) is 31.8 Å². The number of fused-ring (bicyclic) bond motifs is 1. The number of rotatable bonds is 5. The fraction of sp³-hybridized carbons (Fsp3) is 0.167. The molecular weight excluding hydrogens is 426 g/mol. The van der Waals surface area contributed by atoms with Crippen molar-refractivity contribution in [2.75, 3.05) is 23.8 Å². The van der Waals surface area contributed by atoms with Crippen molar-refractivity contribution in [3.8, 4) is 0 Å². The van der Waals surface area contributed by atoms with Crippen LogP contribution in [0.4, 0.5) is 11.4 Å². The van der Waals surface area contributed by atoms with Gasteiger partial charge in [0.05, 0.1) is 4.90 Å². The molecule has 0 unspecified atom stereocenters. The number of carbonyl (C=O) groups is 2. The second-order valence-electron chi connectivity index (χ2n) is 7.55. The van der Waals surface area contributed by atoms with E-state index >= 15 is 0 Å². The van der Waals surface area contributed by atoms with Crippen molar-refractivity contribution < 1.29 is 18.0 Å². The second-order valence-corrected chi connectivity index (χ2v) is 9.44. The van der Waals surface area contributed by atoms with E-state index in [1.54, 1.807) is 42.2 Å². The molecule has 3 aromatic carbocycles. The predicted octanol–water partition coefficient (Wildman–Crippen LogP) is 3.36. The summed E-state index contributed by atoms with van der Waals surface area (Å²) in [6.45, 7) is 2.38. The first-order valence-corrected chi connectivity index (χ1v) is 11.6. The number of aryl methyl sites for hydroxylation is 1. The topological polar surface area (TPSA) is 95.6 Å². The van der Waals surface area contributed by atoms with Gasteiger partial charge in [-0.3, -0.25) is 9.59 Å². The minimum absolute atomic E-state index is 0.0163. The number of carbonyl (C=O) groups excluding carboxylic acids is 2. The summed E-state index contributed by atoms with van der Waals surface area (Å²) in [6, 6.07) is 18.9. The Morgan fingerprint density at radius 2 is 1.69 bits per heavy atom. The Morgan fingerprint density at radius 1 is 0.969 bits per heavy atom. The molecule has 32 heavy (non-hydrogen) atoms. The molecule has 0 saturated carbocycles. The van der Waals surface area contributed by atoms with Gasteiger partial charge in [-0.05, 0) is 74.0 Å². The summed E-state index contributed by atoms with van der Waals surface area (Å²) in [5, 5.41) is 2.77. The van der Waals surface area contributed by atoms with Gasteiger partial charge in [0, 0.05) is 29.0 Å². The van der Waals surface area contributed by atoms with E-state index in [9.17, 15) is 18.0 Å². The molecule has 1 aliphatic rings. The van der Waals surface area contributed by atoms with Gasteiger partial charge in [0.25, 0.3) is 11.8 Å². The molecule has 8 heteroatoms. The minimum Gasteiger partial charge on any atom is -0.322 e. The van der Waals surface area contributed by atoms with Crippen LogP contribution in [-0.4, -0.2) is 33.8 Å². The molecule has 0 bridgehead atoms. The monoisotopic (exact) mass is 449 g/mol. The Balaban J connectivity index is 1.51. The summed E-state index contributed by atoms with van der Waals surface area (Å²) in [4.78, 5) is 27.5. The number of nitrogens with one attached hydrogen (secondary N) is 2. The summed E-state index contributed by atoms with van der Waals surface area (Å²) in [7, 11) is -2.34. The average Bonchev–Trinajstić information content (AvgIpc) is 3.23. The van der Waals surface area contributed by atoms with Crippen LogP contribution in [0.5, 0.6) is 0 Å². The van der Waals surface area contributed by atoms with E-state index in [2.05, 4.69) is 10.0 Å². The highest BCUT2D eigenvalue weighted by Crippen LogP contribution is 2.29. The quantitative estimate of drug-likeness (QED) is 0.624. The first-order valence-electron chi connectivity index (χ1n) is 10.2. The Labute approximate surface area is 187 Å². The summed E-state index contributed by atoms with van der Waals surface area (Å²) in [5.41, 5.74) is 4.03. The SMILES string of the molecule is CNS(=O)(=O)c1ccc(C)c(C(=O)Nc2ccc(C(=O)N3CCc4ccccc43)cc2)c1. The molecule has 0 atom stereocenters. The Hall–Kier alpha value is -3.49. The second kappa shape index (κ2) is 8.57. The van der Waals surface area contributed by atoms with E-state index in [1.807, 2.05) is 24.3 Å². The highest BCUT2D eigenvalue weighted by atomic mass is 32.2. The van der Waals surface area contributed by atoms with Crippen LogP contribution >= 0.6 is 0 Å². The summed E-state index contributed by atoms with van der Waals surface area (Å²) >= 11 is 0. The first-order chi connectivity index (χ1) is 15.3. The highest BCUT2D eigenvalue weighted by Gasteiger charge is 2.25. The largest absolute Gasteiger partial charge is 0.322 e. The molecular formula is C24H23N3O4S. The average molecular weight is 450 g/mol. The number of para-hydroxylation sites is 1. The van der Waals surface area contributed by atoms with Crippen LogP contribution in [0.2, 0.25) is 0 Å². The number of nitrogens with zero attached hydrogens (tertiary/aromatic N) is 1. The van der Waals surface area contributed by atoms with Gasteiger partial charge in [-0.2, -0.15) is 0 Å². The molecule has 0 spiro atoms. The van der Waals surface area contributed by atoms with Crippen molar-refractivity contribution in [1.82, 2.24) is 4.72 Å². The fourth-order valence-electron chi connectivity index (χ4n) is 3.73. The number of benzene rings is 3. The van der Waals surface area contributed by atoms with Crippen molar-refractivity contribution >= 4 is 33.2 Å². The smallest absolute Gasteiger partial charge is 0.258 e. The van der Waals surface area contributed by atoms with Crippen LogP contribution < -0.4 is 14.9 Å². The Kier molecular flexibility index (Phi) is 5.82. The maximum Gasteiger partial charge on any atom is 0.258 e. The molecule has 0 radical (unpaired) electrons. The Morgan fingerprint density at radius 3 is 2.41 bits per heavy atom. The van der Waals surface area contributed by atoms with Crippen molar-refractivity contribution in [3.05, 3.63) is 89.0 Å². The van der Waals surface area contributed by atoms with Crippen molar-refractivity contribution in [2.45, 2.75) is 18.2 Å². The maximum atomic E-state index is 12.9. The molecule has 0 aliphatic carbocycles. The van der Waals surface area contributed by atoms with Crippen molar-refractivity contribution in [2.24, 2.45) is 0 Å². The van der Waals surface area contributed by atoms with E-state index in [0.29, 0.717) is 23.4 Å². The molecule has 1 aliphatic heterocycles. The maximum absolute atomic E-state index is 12.9. The zero-order chi connectivity index (χ0) is 22.9. The molecule has 2 amide bonds. The van der Waals surface area contributed by atoms with Crippen molar-refractivity contribution in [1.29, 1.82) is 0 Å². The molecule has 164 valence electrons. The first kappa shape index (κ1) is 21.7. The van der Waals surface area contributed by atoms with Crippen LogP contribution in [0.15, 0.2) is 71.6 Å². The summed E-state index contributed by atoms with van der Waals surface area (Å²) in [6.07, 6.45) is 0.831. The van der Waals surface area contributed by atoms with Crippen LogP contribution in [0.25, 0.3) is 0 Å². The van der Waals surface area contributed by atoms with E-state index < -0.39 is 15.9 Å². The van der Waals surface area contributed by atoms with E-state index in [0.717, 1.165) is 17.7 Å². The predicted molar refractivity (Wildman–Crippen MR) is 124 cm³/mol. The number of hydrogen-bond acceptors (Lipinski definition) is 4. The molecule has 3 aromatic rings.